The summed E-state index contributed by atoms with van der Waals surface area (Å²) < 4.78 is 0. The highest BCUT2D eigenvalue weighted by Crippen LogP contribution is 2.50. The Hall–Kier alpha value is -0.0800. The van der Waals surface area contributed by atoms with E-state index in [0.717, 1.165) is 18.9 Å². The third-order valence-electron chi connectivity index (χ3n) is 3.62. The zero-order valence-corrected chi connectivity index (χ0v) is 10.1. The van der Waals surface area contributed by atoms with Crippen molar-refractivity contribution in [2.45, 2.75) is 46.6 Å². The summed E-state index contributed by atoms with van der Waals surface area (Å²) in [6.07, 6.45) is 2.49. The van der Waals surface area contributed by atoms with Crippen molar-refractivity contribution in [3.8, 4) is 0 Å². The van der Waals surface area contributed by atoms with E-state index in [-0.39, 0.29) is 0 Å². The van der Waals surface area contributed by atoms with Crippen LogP contribution in [0.25, 0.3) is 0 Å². The second-order valence-corrected chi connectivity index (χ2v) is 5.79. The maximum absolute atomic E-state index is 5.96. The molecule has 2 unspecified atom stereocenters. The second-order valence-electron chi connectivity index (χ2n) is 5.79. The van der Waals surface area contributed by atoms with Crippen molar-refractivity contribution in [2.75, 3.05) is 13.1 Å². The summed E-state index contributed by atoms with van der Waals surface area (Å²) in [5, 5.41) is 3.51. The van der Waals surface area contributed by atoms with Gasteiger partial charge in [0.15, 0.2) is 0 Å². The monoisotopic (exact) mass is 198 g/mol. The normalized spacial score (nSPS) is 26.6. The maximum Gasteiger partial charge on any atom is 0.00739 e. The predicted molar refractivity (Wildman–Crippen MR) is 62.2 cm³/mol. The number of hydrogen-bond donors (Lipinski definition) is 2. The lowest BCUT2D eigenvalue weighted by Gasteiger charge is -2.15. The molecule has 0 amide bonds. The summed E-state index contributed by atoms with van der Waals surface area (Å²) in [6.45, 7) is 11.3. The molecule has 0 aliphatic heterocycles. The Balaban J connectivity index is 1.95. The maximum atomic E-state index is 5.96. The summed E-state index contributed by atoms with van der Waals surface area (Å²) in [5.41, 5.74) is 6.57. The first kappa shape index (κ1) is 12.0. The van der Waals surface area contributed by atoms with E-state index in [1.165, 1.54) is 13.0 Å². The molecule has 0 spiro atoms. The fraction of sp³-hybridized carbons (Fsp3) is 1.00. The quantitative estimate of drug-likeness (QED) is 0.641. The van der Waals surface area contributed by atoms with Crippen molar-refractivity contribution in [3.63, 3.8) is 0 Å². The SMILES string of the molecule is CC(C)C(N)CCNCC1CC1(C)C. The molecule has 0 radical (unpaired) electrons. The van der Waals surface area contributed by atoms with Crippen LogP contribution in [0.4, 0.5) is 0 Å². The highest BCUT2D eigenvalue weighted by Gasteiger charge is 2.44. The van der Waals surface area contributed by atoms with E-state index in [9.17, 15) is 0 Å². The van der Waals surface area contributed by atoms with Crippen LogP contribution in [0, 0.1) is 17.3 Å². The van der Waals surface area contributed by atoms with Gasteiger partial charge in [-0.05, 0) is 43.2 Å². The van der Waals surface area contributed by atoms with Crippen molar-refractivity contribution >= 4 is 0 Å². The molecule has 1 fully saturated rings. The van der Waals surface area contributed by atoms with Gasteiger partial charge in [0.25, 0.3) is 0 Å². The average Bonchev–Trinajstić information content (AvgIpc) is 2.67. The molecule has 1 aliphatic rings. The number of hydrogen-bond acceptors (Lipinski definition) is 2. The lowest BCUT2D eigenvalue weighted by Crippen LogP contribution is -2.31. The first-order valence-electron chi connectivity index (χ1n) is 5.90. The molecule has 0 bridgehead atoms. The van der Waals surface area contributed by atoms with Crippen LogP contribution in [0.2, 0.25) is 0 Å². The van der Waals surface area contributed by atoms with Crippen LogP contribution in [0.5, 0.6) is 0 Å². The summed E-state index contributed by atoms with van der Waals surface area (Å²) in [6, 6.07) is 0.356. The summed E-state index contributed by atoms with van der Waals surface area (Å²) >= 11 is 0. The first-order chi connectivity index (χ1) is 6.43. The molecule has 3 N–H and O–H groups in total. The molecule has 0 aromatic carbocycles. The fourth-order valence-corrected chi connectivity index (χ4v) is 1.80. The summed E-state index contributed by atoms with van der Waals surface area (Å²) in [4.78, 5) is 0. The zero-order valence-electron chi connectivity index (χ0n) is 10.1. The van der Waals surface area contributed by atoms with Crippen molar-refractivity contribution in [1.82, 2.24) is 5.32 Å². The third-order valence-corrected chi connectivity index (χ3v) is 3.62. The van der Waals surface area contributed by atoms with Gasteiger partial charge in [-0.25, -0.2) is 0 Å². The van der Waals surface area contributed by atoms with Crippen LogP contribution in [-0.4, -0.2) is 19.1 Å². The molecule has 84 valence electrons. The minimum absolute atomic E-state index is 0.356. The van der Waals surface area contributed by atoms with E-state index in [1.54, 1.807) is 0 Å². The average molecular weight is 198 g/mol. The van der Waals surface area contributed by atoms with E-state index in [1.807, 2.05) is 0 Å². The Morgan fingerprint density at radius 3 is 2.43 bits per heavy atom. The fourth-order valence-electron chi connectivity index (χ4n) is 1.80. The van der Waals surface area contributed by atoms with Crippen molar-refractivity contribution in [2.24, 2.45) is 23.0 Å². The van der Waals surface area contributed by atoms with Gasteiger partial charge in [0.05, 0.1) is 0 Å². The molecule has 14 heavy (non-hydrogen) atoms. The van der Waals surface area contributed by atoms with E-state index >= 15 is 0 Å². The third kappa shape index (κ3) is 3.58. The molecule has 2 atom stereocenters. The predicted octanol–water partition coefficient (Wildman–Crippen LogP) is 2.00. The minimum atomic E-state index is 0.356. The van der Waals surface area contributed by atoms with Gasteiger partial charge in [-0.3, -0.25) is 0 Å². The Bertz CT molecular complexity index is 171. The van der Waals surface area contributed by atoms with E-state index in [2.05, 4.69) is 33.0 Å². The Kier molecular flexibility index (Phi) is 3.96. The van der Waals surface area contributed by atoms with Crippen LogP contribution in [-0.2, 0) is 0 Å². The van der Waals surface area contributed by atoms with Gasteiger partial charge in [0, 0.05) is 6.04 Å². The van der Waals surface area contributed by atoms with E-state index in [4.69, 9.17) is 5.73 Å². The van der Waals surface area contributed by atoms with Gasteiger partial charge in [-0.1, -0.05) is 27.7 Å². The zero-order chi connectivity index (χ0) is 10.8. The smallest absolute Gasteiger partial charge is 0.00739 e. The molecule has 0 heterocycles. The van der Waals surface area contributed by atoms with Crippen molar-refractivity contribution in [1.29, 1.82) is 0 Å². The number of rotatable bonds is 6. The first-order valence-corrected chi connectivity index (χ1v) is 5.90. The Morgan fingerprint density at radius 2 is 2.00 bits per heavy atom. The lowest BCUT2D eigenvalue weighted by atomic mass is 10.0. The Morgan fingerprint density at radius 1 is 1.43 bits per heavy atom. The molecule has 1 rings (SSSR count). The van der Waals surface area contributed by atoms with Gasteiger partial charge >= 0.3 is 0 Å². The highest BCUT2D eigenvalue weighted by atomic mass is 14.9. The van der Waals surface area contributed by atoms with E-state index < -0.39 is 0 Å². The number of nitrogens with one attached hydrogen (secondary N) is 1. The van der Waals surface area contributed by atoms with Gasteiger partial charge in [-0.2, -0.15) is 0 Å². The number of nitrogens with two attached hydrogens (primary N) is 1. The van der Waals surface area contributed by atoms with Crippen LogP contribution >= 0.6 is 0 Å². The van der Waals surface area contributed by atoms with Crippen molar-refractivity contribution in [3.05, 3.63) is 0 Å². The molecular weight excluding hydrogens is 172 g/mol. The summed E-state index contributed by atoms with van der Waals surface area (Å²) in [7, 11) is 0. The largest absolute Gasteiger partial charge is 0.327 e. The highest BCUT2D eigenvalue weighted by molar-refractivity contribution is 4.96. The second kappa shape index (κ2) is 4.63. The minimum Gasteiger partial charge on any atom is -0.327 e. The van der Waals surface area contributed by atoms with Crippen LogP contribution < -0.4 is 11.1 Å². The molecule has 1 saturated carbocycles. The van der Waals surface area contributed by atoms with Crippen LogP contribution in [0.15, 0.2) is 0 Å². The molecule has 1 aliphatic carbocycles. The van der Waals surface area contributed by atoms with Gasteiger partial charge in [-0.15, -0.1) is 0 Å². The lowest BCUT2D eigenvalue weighted by molar-refractivity contribution is 0.439. The van der Waals surface area contributed by atoms with Crippen LogP contribution in [0.3, 0.4) is 0 Å². The van der Waals surface area contributed by atoms with Gasteiger partial charge < -0.3 is 11.1 Å². The molecule has 2 heteroatoms. The summed E-state index contributed by atoms with van der Waals surface area (Å²) in [5.74, 6) is 1.51. The molecule has 0 aromatic rings. The molecular formula is C12H26N2. The molecule has 0 saturated heterocycles. The van der Waals surface area contributed by atoms with Gasteiger partial charge in [0.1, 0.15) is 0 Å². The van der Waals surface area contributed by atoms with Gasteiger partial charge in [0.2, 0.25) is 0 Å². The van der Waals surface area contributed by atoms with Crippen LogP contribution in [0.1, 0.15) is 40.5 Å². The topological polar surface area (TPSA) is 38.0 Å². The Labute approximate surface area is 88.6 Å². The standard InChI is InChI=1S/C12H26N2/c1-9(2)11(13)5-6-14-8-10-7-12(10,3)4/h9-11,14H,5-8,13H2,1-4H3. The van der Waals surface area contributed by atoms with Crippen molar-refractivity contribution < 1.29 is 0 Å². The van der Waals surface area contributed by atoms with E-state index in [0.29, 0.717) is 17.4 Å². The molecule has 2 nitrogen and oxygen atoms in total. The molecule has 0 aromatic heterocycles.